The lowest BCUT2D eigenvalue weighted by Crippen LogP contribution is -2.37. The topological polar surface area (TPSA) is 20.3 Å². The Hall–Kier alpha value is -1.15. The van der Waals surface area contributed by atoms with Crippen LogP contribution < -0.4 is 0 Å². The van der Waals surface area contributed by atoms with Gasteiger partial charge in [0.1, 0.15) is 0 Å². The van der Waals surface area contributed by atoms with Gasteiger partial charge in [-0.05, 0) is 64.5 Å². The Morgan fingerprint density at radius 2 is 1.75 bits per heavy atom. The molecule has 0 bridgehead atoms. The normalized spacial score (nSPS) is 15.2. The molecule has 0 unspecified atom stereocenters. The van der Waals surface area contributed by atoms with Gasteiger partial charge in [-0.15, -0.1) is 0 Å². The van der Waals surface area contributed by atoms with Crippen molar-refractivity contribution in [3.63, 3.8) is 0 Å². The third-order valence-electron chi connectivity index (χ3n) is 4.22. The number of carbonyl (C=O) groups is 1. The SMILES string of the molecule is Cc1cc(C)c(C(=O)CN(CC2CC2)C(C)C)c(C)c1. The molecule has 0 aromatic heterocycles. The van der Waals surface area contributed by atoms with Crippen LogP contribution in [0.3, 0.4) is 0 Å². The second-order valence-corrected chi connectivity index (χ2v) is 6.66. The van der Waals surface area contributed by atoms with Gasteiger partial charge in [-0.25, -0.2) is 0 Å². The molecule has 1 saturated carbocycles. The summed E-state index contributed by atoms with van der Waals surface area (Å²) in [4.78, 5) is 15.0. The monoisotopic (exact) mass is 273 g/mol. The molecule has 0 atom stereocenters. The first-order valence-corrected chi connectivity index (χ1v) is 7.73. The summed E-state index contributed by atoms with van der Waals surface area (Å²) in [6, 6.07) is 4.66. The summed E-state index contributed by atoms with van der Waals surface area (Å²) in [6.45, 7) is 12.2. The molecule has 0 radical (unpaired) electrons. The van der Waals surface area contributed by atoms with Gasteiger partial charge in [0.2, 0.25) is 0 Å². The number of ketones is 1. The van der Waals surface area contributed by atoms with Crippen molar-refractivity contribution in [2.24, 2.45) is 5.92 Å². The number of nitrogens with zero attached hydrogens (tertiary/aromatic N) is 1. The van der Waals surface area contributed by atoms with Crippen molar-refractivity contribution in [3.8, 4) is 0 Å². The van der Waals surface area contributed by atoms with Crippen LogP contribution in [0.2, 0.25) is 0 Å². The Balaban J connectivity index is 2.13. The first kappa shape index (κ1) is 15.2. The van der Waals surface area contributed by atoms with Crippen molar-refractivity contribution >= 4 is 5.78 Å². The minimum atomic E-state index is 0.273. The predicted molar refractivity (Wildman–Crippen MR) is 84.4 cm³/mol. The number of hydrogen-bond donors (Lipinski definition) is 0. The number of aryl methyl sites for hydroxylation is 3. The second kappa shape index (κ2) is 6.09. The Morgan fingerprint density at radius 1 is 1.20 bits per heavy atom. The number of rotatable bonds is 6. The average Bonchev–Trinajstić information content (AvgIpc) is 3.10. The smallest absolute Gasteiger partial charge is 0.177 e. The van der Waals surface area contributed by atoms with E-state index in [1.165, 1.54) is 18.4 Å². The van der Waals surface area contributed by atoms with Gasteiger partial charge in [-0.2, -0.15) is 0 Å². The molecule has 0 saturated heterocycles. The molecule has 2 rings (SSSR count). The van der Waals surface area contributed by atoms with Crippen molar-refractivity contribution in [3.05, 3.63) is 34.4 Å². The first-order valence-electron chi connectivity index (χ1n) is 7.73. The van der Waals surface area contributed by atoms with Crippen molar-refractivity contribution in [1.82, 2.24) is 4.90 Å². The van der Waals surface area contributed by atoms with Crippen LogP contribution in [0.25, 0.3) is 0 Å². The quantitative estimate of drug-likeness (QED) is 0.732. The van der Waals surface area contributed by atoms with Crippen molar-refractivity contribution < 1.29 is 4.79 Å². The van der Waals surface area contributed by atoms with Crippen LogP contribution in [0.15, 0.2) is 12.1 Å². The lowest BCUT2D eigenvalue weighted by Gasteiger charge is -2.26. The van der Waals surface area contributed by atoms with Gasteiger partial charge in [0.05, 0.1) is 6.54 Å². The highest BCUT2D eigenvalue weighted by Crippen LogP contribution is 2.30. The van der Waals surface area contributed by atoms with Gasteiger partial charge in [0.15, 0.2) is 5.78 Å². The van der Waals surface area contributed by atoms with E-state index < -0.39 is 0 Å². The summed E-state index contributed by atoms with van der Waals surface area (Å²) >= 11 is 0. The maximum Gasteiger partial charge on any atom is 0.177 e. The highest BCUT2D eigenvalue weighted by atomic mass is 16.1. The number of benzene rings is 1. The molecule has 1 aliphatic rings. The van der Waals surface area contributed by atoms with E-state index in [1.807, 2.05) is 13.8 Å². The maximum absolute atomic E-state index is 12.7. The average molecular weight is 273 g/mol. The van der Waals surface area contributed by atoms with Crippen LogP contribution in [0, 0.1) is 26.7 Å². The zero-order chi connectivity index (χ0) is 14.9. The van der Waals surface area contributed by atoms with E-state index >= 15 is 0 Å². The molecule has 2 nitrogen and oxygen atoms in total. The highest BCUT2D eigenvalue weighted by molar-refractivity contribution is 6.00. The molecule has 0 heterocycles. The molecule has 1 aromatic carbocycles. The summed E-state index contributed by atoms with van der Waals surface area (Å²) in [7, 11) is 0. The molecular weight excluding hydrogens is 246 g/mol. The fourth-order valence-corrected chi connectivity index (χ4v) is 2.97. The van der Waals surface area contributed by atoms with Gasteiger partial charge in [0.25, 0.3) is 0 Å². The maximum atomic E-state index is 12.7. The lowest BCUT2D eigenvalue weighted by atomic mass is 9.96. The van der Waals surface area contributed by atoms with Gasteiger partial charge in [-0.1, -0.05) is 17.7 Å². The predicted octanol–water partition coefficient (Wildman–Crippen LogP) is 3.91. The van der Waals surface area contributed by atoms with Crippen LogP contribution in [-0.2, 0) is 0 Å². The zero-order valence-electron chi connectivity index (χ0n) is 13.5. The van der Waals surface area contributed by atoms with E-state index in [9.17, 15) is 4.79 Å². The molecule has 1 fully saturated rings. The van der Waals surface area contributed by atoms with Gasteiger partial charge < -0.3 is 0 Å². The molecular formula is C18H27NO. The van der Waals surface area contributed by atoms with Crippen molar-refractivity contribution in [2.75, 3.05) is 13.1 Å². The summed E-state index contributed by atoms with van der Waals surface area (Å²) < 4.78 is 0. The van der Waals surface area contributed by atoms with Crippen LogP contribution in [0.4, 0.5) is 0 Å². The molecule has 0 spiro atoms. The summed E-state index contributed by atoms with van der Waals surface area (Å²) in [5, 5.41) is 0. The largest absolute Gasteiger partial charge is 0.293 e. The molecule has 1 aliphatic carbocycles. The third-order valence-corrected chi connectivity index (χ3v) is 4.22. The second-order valence-electron chi connectivity index (χ2n) is 6.66. The van der Waals surface area contributed by atoms with Crippen LogP contribution >= 0.6 is 0 Å². The number of Topliss-reactive ketones (excluding diaryl/α,β-unsaturated/α-hetero) is 1. The lowest BCUT2D eigenvalue weighted by molar-refractivity contribution is 0.0899. The third kappa shape index (κ3) is 3.69. The highest BCUT2D eigenvalue weighted by Gasteiger charge is 2.27. The standard InChI is InChI=1S/C18H27NO/c1-12(2)19(10-16-6-7-16)11-17(20)18-14(4)8-13(3)9-15(18)5/h8-9,12,16H,6-7,10-11H2,1-5H3. The summed E-state index contributed by atoms with van der Waals surface area (Å²) in [6.07, 6.45) is 2.67. The van der Waals surface area contributed by atoms with Gasteiger partial charge in [0, 0.05) is 18.2 Å². The minimum absolute atomic E-state index is 0.273. The van der Waals surface area contributed by atoms with E-state index in [2.05, 4.69) is 37.8 Å². The molecule has 110 valence electrons. The van der Waals surface area contributed by atoms with Crippen molar-refractivity contribution in [1.29, 1.82) is 0 Å². The van der Waals surface area contributed by atoms with E-state index in [0.29, 0.717) is 12.6 Å². The molecule has 0 amide bonds. The minimum Gasteiger partial charge on any atom is -0.293 e. The van der Waals surface area contributed by atoms with Gasteiger partial charge >= 0.3 is 0 Å². The number of carbonyl (C=O) groups excluding carboxylic acids is 1. The molecule has 1 aromatic rings. The van der Waals surface area contributed by atoms with Crippen LogP contribution in [0.5, 0.6) is 0 Å². The molecule has 0 N–H and O–H groups in total. The van der Waals surface area contributed by atoms with Crippen LogP contribution in [-0.4, -0.2) is 29.8 Å². The van der Waals surface area contributed by atoms with E-state index in [4.69, 9.17) is 0 Å². The first-order chi connectivity index (χ1) is 9.38. The van der Waals surface area contributed by atoms with E-state index in [-0.39, 0.29) is 5.78 Å². The Bertz CT molecular complexity index is 477. The summed E-state index contributed by atoms with van der Waals surface area (Å²) in [5.74, 6) is 1.10. The Labute approximate surface area is 123 Å². The number of hydrogen-bond acceptors (Lipinski definition) is 2. The van der Waals surface area contributed by atoms with E-state index in [1.54, 1.807) is 0 Å². The van der Waals surface area contributed by atoms with E-state index in [0.717, 1.165) is 29.2 Å². The van der Waals surface area contributed by atoms with Crippen molar-refractivity contribution in [2.45, 2.75) is 53.5 Å². The molecule has 0 aliphatic heterocycles. The fraction of sp³-hybridized carbons (Fsp3) is 0.611. The Kier molecular flexibility index (Phi) is 4.64. The van der Waals surface area contributed by atoms with Crippen LogP contribution in [0.1, 0.15) is 53.7 Å². The zero-order valence-corrected chi connectivity index (χ0v) is 13.5. The summed E-state index contributed by atoms with van der Waals surface area (Å²) in [5.41, 5.74) is 4.39. The van der Waals surface area contributed by atoms with Gasteiger partial charge in [-0.3, -0.25) is 9.69 Å². The molecule has 2 heteroatoms. The fourth-order valence-electron chi connectivity index (χ4n) is 2.97. The molecule has 20 heavy (non-hydrogen) atoms. The Morgan fingerprint density at radius 3 is 2.20 bits per heavy atom.